The second-order valence-corrected chi connectivity index (χ2v) is 14.0. The lowest BCUT2D eigenvalue weighted by Crippen LogP contribution is -2.18. The summed E-state index contributed by atoms with van der Waals surface area (Å²) >= 11 is 0. The predicted molar refractivity (Wildman–Crippen MR) is 224 cm³/mol. The summed E-state index contributed by atoms with van der Waals surface area (Å²) in [6.45, 7) is 0. The Balaban J connectivity index is 1.13. The second kappa shape index (κ2) is 13.1. The van der Waals surface area contributed by atoms with Crippen LogP contribution in [-0.4, -0.2) is 33.6 Å². The van der Waals surface area contributed by atoms with E-state index in [0.717, 1.165) is 77.6 Å². The number of aromatic nitrogens is 3. The van der Waals surface area contributed by atoms with Gasteiger partial charge in [-0.25, -0.2) is 19.9 Å². The minimum absolute atomic E-state index is 0.293. The average molecular weight is 722 g/mol. The number of hydrogen-bond acceptors (Lipinski definition) is 7. The second-order valence-electron chi connectivity index (χ2n) is 14.0. The monoisotopic (exact) mass is 721 g/mol. The summed E-state index contributed by atoms with van der Waals surface area (Å²) in [5, 5.41) is 2.12. The summed E-state index contributed by atoms with van der Waals surface area (Å²) in [6, 6.07) is 55.8. The Hall–Kier alpha value is -7.51. The molecule has 2 unspecified atom stereocenters. The molecule has 0 fully saturated rings. The number of ether oxygens (including phenoxy) is 1. The molecule has 0 saturated heterocycles. The van der Waals surface area contributed by atoms with Gasteiger partial charge in [0.2, 0.25) is 6.23 Å². The maximum Gasteiger partial charge on any atom is 0.216 e. The van der Waals surface area contributed by atoms with E-state index < -0.39 is 6.23 Å². The van der Waals surface area contributed by atoms with Gasteiger partial charge in [0.05, 0.1) is 5.56 Å². The molecule has 0 bridgehead atoms. The first-order valence-corrected chi connectivity index (χ1v) is 18.6. The molecule has 2 aliphatic rings. The highest BCUT2D eigenvalue weighted by molar-refractivity contribution is 6.16. The first-order chi connectivity index (χ1) is 27.7. The van der Waals surface area contributed by atoms with Crippen LogP contribution in [0.1, 0.15) is 11.6 Å². The fourth-order valence-electron chi connectivity index (χ4n) is 7.79. The van der Waals surface area contributed by atoms with Crippen molar-refractivity contribution in [2.24, 2.45) is 9.98 Å². The SMILES string of the molecule is C1=NC2Oc3c(-c4nc(-c5cccc(-c6ccccc6)c5)nc(-c5cccc(-c6ccccc6)c5)n4)cc(-c4ccc5oc6ccccc6c5c4)cc3C2N=C1. The Morgan fingerprint density at radius 2 is 0.964 bits per heavy atom. The van der Waals surface area contributed by atoms with Crippen molar-refractivity contribution in [3.63, 3.8) is 0 Å². The summed E-state index contributed by atoms with van der Waals surface area (Å²) < 4.78 is 12.8. The quantitative estimate of drug-likeness (QED) is 0.171. The molecule has 2 atom stereocenters. The van der Waals surface area contributed by atoms with Crippen LogP contribution >= 0.6 is 0 Å². The highest BCUT2D eigenvalue weighted by Crippen LogP contribution is 2.48. The van der Waals surface area contributed by atoms with Crippen LogP contribution < -0.4 is 4.74 Å². The topological polar surface area (TPSA) is 85.8 Å². The summed E-state index contributed by atoms with van der Waals surface area (Å²) in [5.41, 5.74) is 11.5. The fourth-order valence-corrected chi connectivity index (χ4v) is 7.79. The maximum absolute atomic E-state index is 6.62. The summed E-state index contributed by atoms with van der Waals surface area (Å²) in [5.74, 6) is 2.29. The highest BCUT2D eigenvalue weighted by atomic mass is 16.5. The van der Waals surface area contributed by atoms with Gasteiger partial charge in [0.25, 0.3) is 0 Å². The van der Waals surface area contributed by atoms with E-state index in [2.05, 4.69) is 108 Å². The van der Waals surface area contributed by atoms with E-state index in [-0.39, 0.29) is 6.04 Å². The zero-order valence-corrected chi connectivity index (χ0v) is 30.0. The Morgan fingerprint density at radius 3 is 1.68 bits per heavy atom. The highest BCUT2D eigenvalue weighted by Gasteiger charge is 2.38. The van der Waals surface area contributed by atoms with Gasteiger partial charge in [-0.05, 0) is 75.8 Å². The molecular formula is C49H31N5O2. The molecule has 56 heavy (non-hydrogen) atoms. The van der Waals surface area contributed by atoms with E-state index in [1.807, 2.05) is 60.7 Å². The van der Waals surface area contributed by atoms with Crippen molar-refractivity contribution in [2.75, 3.05) is 0 Å². The minimum Gasteiger partial charge on any atom is -0.465 e. The van der Waals surface area contributed by atoms with Crippen LogP contribution in [0.2, 0.25) is 0 Å². The molecule has 7 nitrogen and oxygen atoms in total. The van der Waals surface area contributed by atoms with Crippen LogP contribution in [-0.2, 0) is 0 Å². The third-order valence-corrected chi connectivity index (χ3v) is 10.5. The number of hydrogen-bond donors (Lipinski definition) is 0. The van der Waals surface area contributed by atoms with Crippen molar-refractivity contribution in [1.29, 1.82) is 0 Å². The minimum atomic E-state index is -0.477. The van der Waals surface area contributed by atoms with Crippen molar-refractivity contribution in [1.82, 2.24) is 15.0 Å². The number of rotatable bonds is 6. The molecule has 2 aromatic heterocycles. The average Bonchev–Trinajstić information content (AvgIpc) is 3.85. The van der Waals surface area contributed by atoms with Gasteiger partial charge >= 0.3 is 0 Å². The predicted octanol–water partition coefficient (Wildman–Crippen LogP) is 11.7. The third kappa shape index (κ3) is 5.56. The van der Waals surface area contributed by atoms with Gasteiger partial charge in [-0.15, -0.1) is 0 Å². The molecule has 0 spiro atoms. The molecule has 9 aromatic rings. The summed E-state index contributed by atoms with van der Waals surface area (Å²) in [7, 11) is 0. The van der Waals surface area contributed by atoms with E-state index in [9.17, 15) is 0 Å². The fraction of sp³-hybridized carbons (Fsp3) is 0.0408. The molecule has 0 radical (unpaired) electrons. The molecule has 0 N–H and O–H groups in total. The van der Waals surface area contributed by atoms with E-state index in [0.29, 0.717) is 23.2 Å². The lowest BCUT2D eigenvalue weighted by molar-refractivity contribution is 0.219. The molecule has 7 heteroatoms. The van der Waals surface area contributed by atoms with Crippen LogP contribution in [0.4, 0.5) is 0 Å². The molecule has 0 amide bonds. The lowest BCUT2D eigenvalue weighted by Gasteiger charge is -2.14. The van der Waals surface area contributed by atoms with Crippen molar-refractivity contribution in [3.8, 4) is 73.3 Å². The molecule has 264 valence electrons. The Morgan fingerprint density at radius 1 is 0.393 bits per heavy atom. The van der Waals surface area contributed by atoms with Crippen molar-refractivity contribution >= 4 is 34.4 Å². The molecule has 0 aliphatic carbocycles. The maximum atomic E-state index is 6.62. The lowest BCUT2D eigenvalue weighted by atomic mass is 9.94. The Kier molecular flexibility index (Phi) is 7.48. The molecule has 2 aliphatic heterocycles. The van der Waals surface area contributed by atoms with Crippen molar-refractivity contribution in [3.05, 3.63) is 169 Å². The molecule has 0 saturated carbocycles. The molecule has 4 heterocycles. The van der Waals surface area contributed by atoms with Crippen molar-refractivity contribution < 1.29 is 9.15 Å². The smallest absolute Gasteiger partial charge is 0.216 e. The summed E-state index contributed by atoms with van der Waals surface area (Å²) in [4.78, 5) is 25.1. The largest absolute Gasteiger partial charge is 0.465 e. The van der Waals surface area contributed by atoms with Gasteiger partial charge in [-0.3, -0.25) is 4.99 Å². The van der Waals surface area contributed by atoms with Crippen LogP contribution in [0.3, 0.4) is 0 Å². The van der Waals surface area contributed by atoms with E-state index in [4.69, 9.17) is 29.1 Å². The van der Waals surface area contributed by atoms with Crippen molar-refractivity contribution in [2.45, 2.75) is 12.3 Å². The van der Waals surface area contributed by atoms with Gasteiger partial charge in [0.15, 0.2) is 17.5 Å². The number of aliphatic imine (C=N–C) groups is 2. The first-order valence-electron chi connectivity index (χ1n) is 18.6. The van der Waals surface area contributed by atoms with Crippen LogP contribution in [0.15, 0.2) is 178 Å². The van der Waals surface area contributed by atoms with E-state index in [1.165, 1.54) is 0 Å². The van der Waals surface area contributed by atoms with Gasteiger partial charge in [0.1, 0.15) is 23.0 Å². The first kappa shape index (κ1) is 32.0. The number of para-hydroxylation sites is 1. The van der Waals surface area contributed by atoms with Crippen LogP contribution in [0, 0.1) is 0 Å². The Labute approximate surface area is 322 Å². The molecular weight excluding hydrogens is 691 g/mol. The third-order valence-electron chi connectivity index (χ3n) is 10.5. The zero-order valence-electron chi connectivity index (χ0n) is 30.0. The summed E-state index contributed by atoms with van der Waals surface area (Å²) in [6.07, 6.45) is 2.97. The van der Waals surface area contributed by atoms with Gasteiger partial charge in [-0.2, -0.15) is 0 Å². The normalized spacial score (nSPS) is 15.5. The number of benzene rings is 7. The van der Waals surface area contributed by atoms with Gasteiger partial charge in [0, 0.05) is 39.9 Å². The van der Waals surface area contributed by atoms with Crippen LogP contribution in [0.25, 0.3) is 89.5 Å². The van der Waals surface area contributed by atoms with E-state index >= 15 is 0 Å². The van der Waals surface area contributed by atoms with Crippen LogP contribution in [0.5, 0.6) is 5.75 Å². The molecule has 7 aromatic carbocycles. The number of furan rings is 1. The molecule has 11 rings (SSSR count). The number of nitrogens with zero attached hydrogens (tertiary/aromatic N) is 5. The standard InChI is InChI=1S/C49H31N5O2/c1-3-11-30(12-4-1)32-15-9-17-35(25-32)46-52-47(36-18-10-16-33(26-36)31-13-5-2-6-14-31)54-48(53-46)41-29-37(28-40-44-49(56-45(40)41)51-24-23-50-44)34-21-22-43-39(27-34)38-19-7-8-20-42(38)55-43/h1-29,44,49H. The zero-order chi connectivity index (χ0) is 37.0. The Bertz CT molecular complexity index is 2920. The van der Waals surface area contributed by atoms with E-state index in [1.54, 1.807) is 12.4 Å². The van der Waals surface area contributed by atoms with Gasteiger partial charge in [-0.1, -0.05) is 121 Å². The number of fused-ring (bicyclic) bond motifs is 6. The van der Waals surface area contributed by atoms with Gasteiger partial charge < -0.3 is 9.15 Å².